The van der Waals surface area contributed by atoms with E-state index >= 15 is 0 Å². The Kier molecular flexibility index (Phi) is 5.49. The monoisotopic (exact) mass is 364 g/mol. The van der Waals surface area contributed by atoms with Gasteiger partial charge in [0, 0.05) is 25.0 Å². The molecule has 6 heteroatoms. The first-order valence-electron chi connectivity index (χ1n) is 9.33. The molecule has 1 heterocycles. The van der Waals surface area contributed by atoms with Crippen LogP contribution in [-0.4, -0.2) is 31.8 Å². The zero-order valence-corrected chi connectivity index (χ0v) is 15.9. The highest BCUT2D eigenvalue weighted by molar-refractivity contribution is 7.89. The largest absolute Gasteiger partial charge is 0.338 e. The van der Waals surface area contributed by atoms with Gasteiger partial charge in [-0.25, -0.2) is 13.1 Å². The van der Waals surface area contributed by atoms with E-state index in [-0.39, 0.29) is 17.9 Å². The fourth-order valence-electron chi connectivity index (χ4n) is 3.57. The summed E-state index contributed by atoms with van der Waals surface area (Å²) in [6, 6.07) is 5.42. The second kappa shape index (κ2) is 7.46. The number of amides is 1. The van der Waals surface area contributed by atoms with Gasteiger partial charge in [0.2, 0.25) is 15.9 Å². The molecule has 0 radical (unpaired) electrons. The van der Waals surface area contributed by atoms with Crippen molar-refractivity contribution < 1.29 is 13.2 Å². The number of fused-ring (bicyclic) bond motifs is 1. The van der Waals surface area contributed by atoms with E-state index in [9.17, 15) is 13.2 Å². The predicted molar refractivity (Wildman–Crippen MR) is 97.6 cm³/mol. The minimum atomic E-state index is -3.47. The highest BCUT2D eigenvalue weighted by Crippen LogP contribution is 2.26. The van der Waals surface area contributed by atoms with Gasteiger partial charge in [0.15, 0.2) is 0 Å². The molecule has 1 amide bonds. The molecule has 1 aromatic rings. The molecule has 25 heavy (non-hydrogen) atoms. The van der Waals surface area contributed by atoms with E-state index in [1.54, 1.807) is 12.1 Å². The van der Waals surface area contributed by atoms with Gasteiger partial charge in [0.05, 0.1) is 4.90 Å². The number of hydrogen-bond acceptors (Lipinski definition) is 3. The van der Waals surface area contributed by atoms with E-state index in [0.717, 1.165) is 49.7 Å². The second-order valence-electron chi connectivity index (χ2n) is 7.38. The molecule has 1 N–H and O–H groups in total. The summed E-state index contributed by atoms with van der Waals surface area (Å²) in [5, 5.41) is 0. The van der Waals surface area contributed by atoms with Gasteiger partial charge in [0.25, 0.3) is 0 Å². The van der Waals surface area contributed by atoms with Crippen molar-refractivity contribution >= 4 is 15.9 Å². The Hall–Kier alpha value is -1.40. The molecule has 138 valence electrons. The number of hydrogen-bond donors (Lipinski definition) is 1. The molecule has 0 bridgehead atoms. The van der Waals surface area contributed by atoms with Crippen molar-refractivity contribution in [2.75, 3.05) is 6.54 Å². The molecule has 0 saturated heterocycles. The summed E-state index contributed by atoms with van der Waals surface area (Å²) in [6.07, 6.45) is 5.60. The van der Waals surface area contributed by atoms with Gasteiger partial charge in [-0.3, -0.25) is 4.79 Å². The minimum Gasteiger partial charge on any atom is -0.338 e. The minimum absolute atomic E-state index is 0.0266. The third-order valence-corrected chi connectivity index (χ3v) is 6.90. The first-order valence-corrected chi connectivity index (χ1v) is 10.8. The summed E-state index contributed by atoms with van der Waals surface area (Å²) >= 11 is 0. The van der Waals surface area contributed by atoms with Crippen LogP contribution < -0.4 is 4.72 Å². The van der Waals surface area contributed by atoms with Crippen LogP contribution in [0, 0.1) is 5.92 Å². The van der Waals surface area contributed by atoms with Crippen LogP contribution in [0.25, 0.3) is 0 Å². The van der Waals surface area contributed by atoms with Crippen LogP contribution in [0.15, 0.2) is 23.1 Å². The number of carbonyl (C=O) groups excluding carboxylic acids is 1. The first kappa shape index (κ1) is 18.4. The van der Waals surface area contributed by atoms with E-state index in [0.29, 0.717) is 18.0 Å². The maximum absolute atomic E-state index is 12.6. The fraction of sp³-hybridized carbons (Fsp3) is 0.632. The van der Waals surface area contributed by atoms with Crippen LogP contribution >= 0.6 is 0 Å². The van der Waals surface area contributed by atoms with Crippen molar-refractivity contribution in [2.45, 2.75) is 69.9 Å². The van der Waals surface area contributed by atoms with Gasteiger partial charge >= 0.3 is 0 Å². The number of carbonyl (C=O) groups is 1. The molecule has 5 nitrogen and oxygen atoms in total. The summed E-state index contributed by atoms with van der Waals surface area (Å²) < 4.78 is 27.9. The SMILES string of the molecule is CCC[C@@H](C)C(=O)N1CCc2ccc(S(=O)(=O)NC3CCC3)cc2C1. The summed E-state index contributed by atoms with van der Waals surface area (Å²) in [4.78, 5) is 14.8. The number of sulfonamides is 1. The van der Waals surface area contributed by atoms with Crippen LogP contribution in [0.2, 0.25) is 0 Å². The summed E-state index contributed by atoms with van der Waals surface area (Å²) in [6.45, 7) is 5.29. The Morgan fingerprint density at radius 1 is 1.32 bits per heavy atom. The smallest absolute Gasteiger partial charge is 0.240 e. The lowest BCUT2D eigenvalue weighted by atomic mass is 9.94. The van der Waals surface area contributed by atoms with Crippen LogP contribution in [0.4, 0.5) is 0 Å². The lowest BCUT2D eigenvalue weighted by Crippen LogP contribution is -2.40. The molecule has 1 aliphatic carbocycles. The Labute approximate surface area is 150 Å². The predicted octanol–water partition coefficient (Wildman–Crippen LogP) is 2.84. The van der Waals surface area contributed by atoms with Gasteiger partial charge in [-0.05, 0) is 48.9 Å². The Balaban J connectivity index is 1.76. The quantitative estimate of drug-likeness (QED) is 0.844. The Morgan fingerprint density at radius 3 is 2.72 bits per heavy atom. The van der Waals surface area contributed by atoms with E-state index < -0.39 is 10.0 Å². The van der Waals surface area contributed by atoms with Crippen molar-refractivity contribution in [3.63, 3.8) is 0 Å². The van der Waals surface area contributed by atoms with E-state index in [1.165, 1.54) is 0 Å². The molecule has 0 aromatic heterocycles. The van der Waals surface area contributed by atoms with Crippen molar-refractivity contribution in [3.8, 4) is 0 Å². The zero-order chi connectivity index (χ0) is 18.0. The highest BCUT2D eigenvalue weighted by atomic mass is 32.2. The van der Waals surface area contributed by atoms with Crippen LogP contribution in [-0.2, 0) is 27.8 Å². The van der Waals surface area contributed by atoms with Crippen molar-refractivity contribution in [1.29, 1.82) is 0 Å². The maximum Gasteiger partial charge on any atom is 0.240 e. The molecular formula is C19H28N2O3S. The normalized spacial score (nSPS) is 19.2. The highest BCUT2D eigenvalue weighted by Gasteiger charge is 2.28. The molecule has 1 atom stereocenters. The lowest BCUT2D eigenvalue weighted by Gasteiger charge is -2.31. The third kappa shape index (κ3) is 4.06. The van der Waals surface area contributed by atoms with Gasteiger partial charge in [-0.15, -0.1) is 0 Å². The average Bonchev–Trinajstić information content (AvgIpc) is 2.57. The molecule has 1 saturated carbocycles. The van der Waals surface area contributed by atoms with E-state index in [2.05, 4.69) is 11.6 Å². The molecule has 1 aliphatic heterocycles. The maximum atomic E-state index is 12.6. The van der Waals surface area contributed by atoms with Gasteiger partial charge < -0.3 is 4.90 Å². The van der Waals surface area contributed by atoms with E-state index in [1.807, 2.05) is 17.9 Å². The van der Waals surface area contributed by atoms with Gasteiger partial charge in [-0.2, -0.15) is 0 Å². The van der Waals surface area contributed by atoms with Crippen LogP contribution in [0.5, 0.6) is 0 Å². The first-order chi connectivity index (χ1) is 11.9. The number of nitrogens with zero attached hydrogens (tertiary/aromatic N) is 1. The molecule has 2 aliphatic rings. The zero-order valence-electron chi connectivity index (χ0n) is 15.1. The standard InChI is InChI=1S/C19H28N2O3S/c1-3-5-14(2)19(22)21-11-10-15-8-9-18(12-16(15)13-21)25(23,24)20-17-6-4-7-17/h8-9,12,14,17,20H,3-7,10-11,13H2,1-2H3/t14-/m1/s1. The second-order valence-corrected chi connectivity index (χ2v) is 9.09. The van der Waals surface area contributed by atoms with Crippen molar-refractivity contribution in [1.82, 2.24) is 9.62 Å². The number of rotatable bonds is 6. The van der Waals surface area contributed by atoms with Crippen molar-refractivity contribution in [2.24, 2.45) is 5.92 Å². The number of benzene rings is 1. The third-order valence-electron chi connectivity index (χ3n) is 5.38. The number of nitrogens with one attached hydrogen (secondary N) is 1. The summed E-state index contributed by atoms with van der Waals surface area (Å²) in [7, 11) is -3.47. The van der Waals surface area contributed by atoms with Crippen LogP contribution in [0.3, 0.4) is 0 Å². The molecule has 3 rings (SSSR count). The van der Waals surface area contributed by atoms with E-state index in [4.69, 9.17) is 0 Å². The Morgan fingerprint density at radius 2 is 2.08 bits per heavy atom. The topological polar surface area (TPSA) is 66.5 Å². The molecule has 0 unspecified atom stereocenters. The Bertz CT molecular complexity index is 741. The average molecular weight is 365 g/mol. The van der Waals surface area contributed by atoms with Crippen LogP contribution in [0.1, 0.15) is 57.1 Å². The molecular weight excluding hydrogens is 336 g/mol. The van der Waals surface area contributed by atoms with Gasteiger partial charge in [-0.1, -0.05) is 32.8 Å². The molecule has 1 aromatic carbocycles. The lowest BCUT2D eigenvalue weighted by molar-refractivity contribution is -0.136. The fourth-order valence-corrected chi connectivity index (χ4v) is 4.93. The molecule has 0 spiro atoms. The van der Waals surface area contributed by atoms with Gasteiger partial charge in [0.1, 0.15) is 0 Å². The van der Waals surface area contributed by atoms with Crippen molar-refractivity contribution in [3.05, 3.63) is 29.3 Å². The molecule has 1 fully saturated rings. The summed E-state index contributed by atoms with van der Waals surface area (Å²) in [5.41, 5.74) is 2.11. The summed E-state index contributed by atoms with van der Waals surface area (Å²) in [5.74, 6) is 0.201.